The van der Waals surface area contributed by atoms with Gasteiger partial charge in [-0.2, -0.15) is 0 Å². The second-order valence-corrected chi connectivity index (χ2v) is 7.84. The summed E-state index contributed by atoms with van der Waals surface area (Å²) in [4.78, 5) is 23.7. The lowest BCUT2D eigenvalue weighted by Crippen LogP contribution is -2.48. The van der Waals surface area contributed by atoms with Crippen LogP contribution in [0.2, 0.25) is 0 Å². The smallest absolute Gasteiger partial charge is 0.334 e. The van der Waals surface area contributed by atoms with Gasteiger partial charge in [-0.15, -0.1) is 0 Å². The first-order valence-electron chi connectivity index (χ1n) is 8.49. The molecule has 0 aromatic rings. The summed E-state index contributed by atoms with van der Waals surface area (Å²) in [7, 11) is 0. The van der Waals surface area contributed by atoms with Crippen LogP contribution in [0.5, 0.6) is 0 Å². The van der Waals surface area contributed by atoms with Crippen LogP contribution in [0.25, 0.3) is 0 Å². The summed E-state index contributed by atoms with van der Waals surface area (Å²) in [6.07, 6.45) is 3.36. The monoisotopic (exact) mass is 318 g/mol. The van der Waals surface area contributed by atoms with Crippen LogP contribution in [0.1, 0.15) is 53.4 Å². The number of ether oxygens (including phenoxy) is 2. The SMILES string of the molecule is C=C(C)C(=O)O[C@H]1C[C@@H]2C[C@@H]3OC(=O)C(C)=C3C[C@]2(C)[C@@H](C)C1. The molecule has 3 rings (SSSR count). The van der Waals surface area contributed by atoms with Gasteiger partial charge in [-0.1, -0.05) is 20.4 Å². The van der Waals surface area contributed by atoms with Gasteiger partial charge in [0.05, 0.1) is 0 Å². The average molecular weight is 318 g/mol. The number of rotatable bonds is 2. The Balaban J connectivity index is 1.79. The maximum Gasteiger partial charge on any atom is 0.334 e. The molecule has 2 saturated carbocycles. The molecular weight excluding hydrogens is 292 g/mol. The maximum absolute atomic E-state index is 11.9. The molecule has 1 aliphatic heterocycles. The van der Waals surface area contributed by atoms with E-state index in [1.54, 1.807) is 6.92 Å². The summed E-state index contributed by atoms with van der Waals surface area (Å²) in [5.41, 5.74) is 2.59. The van der Waals surface area contributed by atoms with E-state index in [1.165, 1.54) is 5.57 Å². The minimum absolute atomic E-state index is 0.0593. The molecule has 0 amide bonds. The van der Waals surface area contributed by atoms with Gasteiger partial charge in [0.2, 0.25) is 0 Å². The van der Waals surface area contributed by atoms with Gasteiger partial charge in [0.25, 0.3) is 0 Å². The molecule has 126 valence electrons. The Labute approximate surface area is 137 Å². The van der Waals surface area contributed by atoms with Crippen molar-refractivity contribution in [1.29, 1.82) is 0 Å². The van der Waals surface area contributed by atoms with E-state index in [4.69, 9.17) is 9.47 Å². The Bertz CT molecular complexity index is 602. The third-order valence-corrected chi connectivity index (χ3v) is 6.34. The molecule has 5 atom stereocenters. The van der Waals surface area contributed by atoms with Crippen LogP contribution >= 0.6 is 0 Å². The van der Waals surface area contributed by atoms with Crippen molar-refractivity contribution >= 4 is 11.9 Å². The van der Waals surface area contributed by atoms with E-state index < -0.39 is 0 Å². The minimum Gasteiger partial charge on any atom is -0.459 e. The van der Waals surface area contributed by atoms with Gasteiger partial charge in [0, 0.05) is 11.1 Å². The fourth-order valence-corrected chi connectivity index (χ4v) is 4.55. The number of carbonyl (C=O) groups is 2. The van der Waals surface area contributed by atoms with E-state index in [0.717, 1.165) is 31.3 Å². The largest absolute Gasteiger partial charge is 0.459 e. The van der Waals surface area contributed by atoms with Crippen LogP contribution in [-0.4, -0.2) is 24.1 Å². The fourth-order valence-electron chi connectivity index (χ4n) is 4.55. The average Bonchev–Trinajstić information content (AvgIpc) is 2.73. The van der Waals surface area contributed by atoms with Crippen molar-refractivity contribution in [3.8, 4) is 0 Å². The van der Waals surface area contributed by atoms with Gasteiger partial charge in [0.15, 0.2) is 0 Å². The molecule has 0 N–H and O–H groups in total. The number of fused-ring (bicyclic) bond motifs is 2. The van der Waals surface area contributed by atoms with E-state index in [1.807, 2.05) is 6.92 Å². The quantitative estimate of drug-likeness (QED) is 0.577. The summed E-state index contributed by atoms with van der Waals surface area (Å²) in [6.45, 7) is 11.8. The van der Waals surface area contributed by atoms with Crippen molar-refractivity contribution in [3.05, 3.63) is 23.3 Å². The number of hydrogen-bond donors (Lipinski definition) is 0. The maximum atomic E-state index is 11.9. The second-order valence-electron chi connectivity index (χ2n) is 7.84. The highest BCUT2D eigenvalue weighted by atomic mass is 16.6. The topological polar surface area (TPSA) is 52.6 Å². The lowest BCUT2D eigenvalue weighted by molar-refractivity contribution is -0.153. The van der Waals surface area contributed by atoms with E-state index in [0.29, 0.717) is 17.4 Å². The molecule has 2 fully saturated rings. The van der Waals surface area contributed by atoms with Crippen LogP contribution in [0.15, 0.2) is 23.3 Å². The Morgan fingerprint density at radius 1 is 1.35 bits per heavy atom. The summed E-state index contributed by atoms with van der Waals surface area (Å²) >= 11 is 0. The predicted octanol–water partition coefficient (Wildman–Crippen LogP) is 3.56. The van der Waals surface area contributed by atoms with E-state index in [-0.39, 0.29) is 29.6 Å². The molecule has 0 unspecified atom stereocenters. The Morgan fingerprint density at radius 3 is 2.70 bits per heavy atom. The number of hydrogen-bond acceptors (Lipinski definition) is 4. The van der Waals surface area contributed by atoms with Crippen LogP contribution in [0.3, 0.4) is 0 Å². The van der Waals surface area contributed by atoms with Gasteiger partial charge in [-0.25, -0.2) is 9.59 Å². The van der Waals surface area contributed by atoms with Gasteiger partial charge in [0.1, 0.15) is 12.2 Å². The van der Waals surface area contributed by atoms with Crippen LogP contribution in [0, 0.1) is 17.3 Å². The summed E-state index contributed by atoms with van der Waals surface area (Å²) < 4.78 is 11.1. The molecule has 0 saturated heterocycles. The molecule has 0 radical (unpaired) electrons. The van der Waals surface area contributed by atoms with Gasteiger partial charge in [-0.3, -0.25) is 0 Å². The van der Waals surface area contributed by atoms with E-state index in [9.17, 15) is 9.59 Å². The third-order valence-electron chi connectivity index (χ3n) is 6.34. The summed E-state index contributed by atoms with van der Waals surface area (Å²) in [5, 5.41) is 0. The Hall–Kier alpha value is -1.58. The zero-order valence-corrected chi connectivity index (χ0v) is 14.5. The van der Waals surface area contributed by atoms with Crippen molar-refractivity contribution in [1.82, 2.24) is 0 Å². The van der Waals surface area contributed by atoms with Crippen molar-refractivity contribution in [3.63, 3.8) is 0 Å². The molecular formula is C19H26O4. The van der Waals surface area contributed by atoms with Gasteiger partial charge in [-0.05, 0) is 62.4 Å². The summed E-state index contributed by atoms with van der Waals surface area (Å²) in [5.74, 6) is 0.373. The molecule has 3 aliphatic rings. The molecule has 0 bridgehead atoms. The normalized spacial score (nSPS) is 39.4. The lowest BCUT2D eigenvalue weighted by atomic mass is 9.54. The predicted molar refractivity (Wildman–Crippen MR) is 86.5 cm³/mol. The first-order chi connectivity index (χ1) is 10.7. The molecule has 2 aliphatic carbocycles. The number of carbonyl (C=O) groups excluding carboxylic acids is 2. The molecule has 23 heavy (non-hydrogen) atoms. The lowest BCUT2D eigenvalue weighted by Gasteiger charge is -2.52. The first kappa shape index (κ1) is 16.3. The molecule has 4 heteroatoms. The van der Waals surface area contributed by atoms with Crippen LogP contribution in [0.4, 0.5) is 0 Å². The van der Waals surface area contributed by atoms with E-state index >= 15 is 0 Å². The first-order valence-corrected chi connectivity index (χ1v) is 8.49. The van der Waals surface area contributed by atoms with Crippen LogP contribution in [-0.2, 0) is 19.1 Å². The van der Waals surface area contributed by atoms with Crippen molar-refractivity contribution in [2.75, 3.05) is 0 Å². The molecule has 1 heterocycles. The molecule has 4 nitrogen and oxygen atoms in total. The van der Waals surface area contributed by atoms with Crippen molar-refractivity contribution in [2.45, 2.75) is 65.6 Å². The fraction of sp³-hybridized carbons (Fsp3) is 0.684. The van der Waals surface area contributed by atoms with Crippen molar-refractivity contribution < 1.29 is 19.1 Å². The Kier molecular flexibility index (Phi) is 3.89. The highest BCUT2D eigenvalue weighted by Gasteiger charge is 2.53. The zero-order chi connectivity index (χ0) is 16.9. The van der Waals surface area contributed by atoms with E-state index in [2.05, 4.69) is 20.4 Å². The highest BCUT2D eigenvalue weighted by molar-refractivity contribution is 5.91. The molecule has 0 spiro atoms. The van der Waals surface area contributed by atoms with Crippen molar-refractivity contribution in [2.24, 2.45) is 17.3 Å². The van der Waals surface area contributed by atoms with Crippen LogP contribution < -0.4 is 0 Å². The second kappa shape index (κ2) is 5.50. The van der Waals surface area contributed by atoms with Gasteiger partial charge >= 0.3 is 11.9 Å². The molecule has 0 aromatic carbocycles. The Morgan fingerprint density at radius 2 is 2.04 bits per heavy atom. The third kappa shape index (κ3) is 2.62. The highest BCUT2D eigenvalue weighted by Crippen LogP contribution is 2.57. The zero-order valence-electron chi connectivity index (χ0n) is 14.5. The minimum atomic E-state index is -0.301. The summed E-state index contributed by atoms with van der Waals surface area (Å²) in [6, 6.07) is 0. The molecule has 0 aromatic heterocycles. The standard InChI is InChI=1S/C19H26O4/c1-10(2)17(20)22-14-6-11(3)19(5)9-15-12(4)18(21)23-16(15)8-13(19)7-14/h11,13-14,16H,1,6-9H2,2-5H3/t11-,13+,14+,16-,19+/m0/s1. The number of esters is 2. The van der Waals surface area contributed by atoms with Gasteiger partial charge < -0.3 is 9.47 Å².